The first-order valence-corrected chi connectivity index (χ1v) is 6.56. The zero-order chi connectivity index (χ0) is 12.0. The summed E-state index contributed by atoms with van der Waals surface area (Å²) < 4.78 is 6.01. The molecule has 3 unspecified atom stereocenters. The minimum Gasteiger partial charge on any atom is -0.394 e. The molecule has 3 heteroatoms. The van der Waals surface area contributed by atoms with Gasteiger partial charge in [-0.15, -0.1) is 0 Å². The second-order valence-electron chi connectivity index (χ2n) is 5.27. The smallest absolute Gasteiger partial charge is 0.0671 e. The number of aliphatic hydroxyl groups is 1. The van der Waals surface area contributed by atoms with Gasteiger partial charge in [-0.3, -0.25) is 0 Å². The second kappa shape index (κ2) is 6.58. The number of rotatable bonds is 6. The molecule has 1 rings (SSSR count). The minimum absolute atomic E-state index is 0.118. The Bertz CT molecular complexity index is 192. The summed E-state index contributed by atoms with van der Waals surface area (Å²) in [6.45, 7) is 4.96. The summed E-state index contributed by atoms with van der Waals surface area (Å²) in [5.74, 6) is 0.716. The highest BCUT2D eigenvalue weighted by molar-refractivity contribution is 4.82. The van der Waals surface area contributed by atoms with E-state index >= 15 is 0 Å². The van der Waals surface area contributed by atoms with E-state index in [4.69, 9.17) is 4.74 Å². The Hall–Kier alpha value is -0.120. The third-order valence-corrected chi connectivity index (χ3v) is 3.93. The lowest BCUT2D eigenvalue weighted by Gasteiger charge is -2.34. The molecule has 1 aliphatic rings. The number of likely N-dealkylation sites (N-methyl/N-ethyl adjacent to an activating group) is 1. The summed E-state index contributed by atoms with van der Waals surface area (Å²) >= 11 is 0. The molecule has 0 aliphatic heterocycles. The maximum atomic E-state index is 9.30. The van der Waals surface area contributed by atoms with Gasteiger partial charge in [-0.25, -0.2) is 0 Å². The first-order chi connectivity index (χ1) is 7.65. The van der Waals surface area contributed by atoms with Gasteiger partial charge < -0.3 is 15.2 Å². The fourth-order valence-electron chi connectivity index (χ4n) is 2.35. The predicted octanol–water partition coefficient (Wildman–Crippen LogP) is 1.94. The lowest BCUT2D eigenvalue weighted by atomic mass is 9.84. The van der Waals surface area contributed by atoms with E-state index in [1.165, 1.54) is 32.1 Å². The van der Waals surface area contributed by atoms with E-state index in [9.17, 15) is 5.11 Å². The van der Waals surface area contributed by atoms with Crippen molar-refractivity contribution in [2.75, 3.05) is 20.3 Å². The lowest BCUT2D eigenvalue weighted by Crippen LogP contribution is -2.49. The van der Waals surface area contributed by atoms with Crippen LogP contribution in [0.5, 0.6) is 0 Å². The fourth-order valence-corrected chi connectivity index (χ4v) is 2.35. The third-order valence-electron chi connectivity index (χ3n) is 3.93. The van der Waals surface area contributed by atoms with Gasteiger partial charge in [0.2, 0.25) is 0 Å². The Morgan fingerprint density at radius 2 is 2.06 bits per heavy atom. The van der Waals surface area contributed by atoms with Gasteiger partial charge in [-0.05, 0) is 32.7 Å². The van der Waals surface area contributed by atoms with Crippen molar-refractivity contribution in [2.45, 2.75) is 57.6 Å². The van der Waals surface area contributed by atoms with E-state index in [1.54, 1.807) is 0 Å². The quantitative estimate of drug-likeness (QED) is 0.731. The summed E-state index contributed by atoms with van der Waals surface area (Å²) in [6.07, 6.45) is 6.73. The fraction of sp³-hybridized carbons (Fsp3) is 1.00. The molecule has 96 valence electrons. The van der Waals surface area contributed by atoms with Gasteiger partial charge in [-0.2, -0.15) is 0 Å². The average molecular weight is 229 g/mol. The van der Waals surface area contributed by atoms with Crippen LogP contribution < -0.4 is 5.32 Å². The monoisotopic (exact) mass is 229 g/mol. The molecule has 0 amide bonds. The van der Waals surface area contributed by atoms with Gasteiger partial charge in [0.15, 0.2) is 0 Å². The van der Waals surface area contributed by atoms with E-state index in [1.807, 2.05) is 14.0 Å². The normalized spacial score (nSPS) is 30.0. The molecule has 0 saturated heterocycles. The average Bonchev–Trinajstić information content (AvgIpc) is 2.36. The molecule has 0 heterocycles. The summed E-state index contributed by atoms with van der Waals surface area (Å²) in [7, 11) is 1.87. The summed E-state index contributed by atoms with van der Waals surface area (Å²) in [4.78, 5) is 0. The van der Waals surface area contributed by atoms with Crippen LogP contribution in [0, 0.1) is 5.92 Å². The van der Waals surface area contributed by atoms with Gasteiger partial charge in [0, 0.05) is 0 Å². The maximum absolute atomic E-state index is 9.30. The molecule has 0 aromatic carbocycles. The first-order valence-electron chi connectivity index (χ1n) is 6.56. The molecule has 1 fully saturated rings. The van der Waals surface area contributed by atoms with Crippen LogP contribution in [0.2, 0.25) is 0 Å². The number of hydrogen-bond acceptors (Lipinski definition) is 3. The summed E-state index contributed by atoms with van der Waals surface area (Å²) in [6, 6.07) is 0. The highest BCUT2D eigenvalue weighted by Crippen LogP contribution is 2.29. The highest BCUT2D eigenvalue weighted by Gasteiger charge is 2.28. The Kier molecular flexibility index (Phi) is 5.73. The van der Waals surface area contributed by atoms with Crippen LogP contribution in [0.25, 0.3) is 0 Å². The van der Waals surface area contributed by atoms with Crippen LogP contribution in [0.4, 0.5) is 0 Å². The van der Waals surface area contributed by atoms with Gasteiger partial charge in [0.1, 0.15) is 0 Å². The molecule has 3 atom stereocenters. The van der Waals surface area contributed by atoms with E-state index in [-0.39, 0.29) is 12.1 Å². The van der Waals surface area contributed by atoms with Crippen LogP contribution in [0.15, 0.2) is 0 Å². The molecule has 2 N–H and O–H groups in total. The molecule has 0 radical (unpaired) electrons. The second-order valence-corrected chi connectivity index (χ2v) is 5.27. The zero-order valence-electron chi connectivity index (χ0n) is 11.0. The van der Waals surface area contributed by atoms with Crippen molar-refractivity contribution >= 4 is 0 Å². The number of hydrogen-bond donors (Lipinski definition) is 2. The van der Waals surface area contributed by atoms with Crippen LogP contribution in [-0.4, -0.2) is 37.0 Å². The summed E-state index contributed by atoms with van der Waals surface area (Å²) in [5.41, 5.74) is -0.296. The SMILES string of the molecule is CCC1CCCCC1OCC(C)(CO)NC. The van der Waals surface area contributed by atoms with Gasteiger partial charge >= 0.3 is 0 Å². The Balaban J connectivity index is 2.40. The molecule has 1 aliphatic carbocycles. The minimum atomic E-state index is -0.296. The number of aliphatic hydroxyl groups excluding tert-OH is 1. The molecule has 0 spiro atoms. The molecule has 16 heavy (non-hydrogen) atoms. The van der Waals surface area contributed by atoms with Crippen molar-refractivity contribution < 1.29 is 9.84 Å². The predicted molar refractivity (Wildman–Crippen MR) is 66.5 cm³/mol. The molecule has 3 nitrogen and oxygen atoms in total. The maximum Gasteiger partial charge on any atom is 0.0671 e. The molecule has 0 aromatic heterocycles. The van der Waals surface area contributed by atoms with Crippen molar-refractivity contribution in [3.05, 3.63) is 0 Å². The van der Waals surface area contributed by atoms with Gasteiger partial charge in [-0.1, -0.05) is 26.2 Å². The molecular formula is C13H27NO2. The molecule has 0 bridgehead atoms. The molecular weight excluding hydrogens is 202 g/mol. The Morgan fingerprint density at radius 3 is 2.62 bits per heavy atom. The van der Waals surface area contributed by atoms with Crippen molar-refractivity contribution in [1.29, 1.82) is 0 Å². The van der Waals surface area contributed by atoms with Gasteiger partial charge in [0.25, 0.3) is 0 Å². The number of ether oxygens (including phenoxy) is 1. The van der Waals surface area contributed by atoms with Crippen molar-refractivity contribution in [1.82, 2.24) is 5.32 Å². The van der Waals surface area contributed by atoms with Crippen molar-refractivity contribution in [3.8, 4) is 0 Å². The topological polar surface area (TPSA) is 41.5 Å². The van der Waals surface area contributed by atoms with Crippen LogP contribution in [0.3, 0.4) is 0 Å². The van der Waals surface area contributed by atoms with Crippen LogP contribution in [-0.2, 0) is 4.74 Å². The van der Waals surface area contributed by atoms with Crippen molar-refractivity contribution in [2.24, 2.45) is 5.92 Å². The van der Waals surface area contributed by atoms with E-state index < -0.39 is 0 Å². The van der Waals surface area contributed by atoms with E-state index in [0.717, 1.165) is 0 Å². The van der Waals surface area contributed by atoms with Crippen LogP contribution >= 0.6 is 0 Å². The Morgan fingerprint density at radius 1 is 1.38 bits per heavy atom. The van der Waals surface area contributed by atoms with Crippen molar-refractivity contribution in [3.63, 3.8) is 0 Å². The van der Waals surface area contributed by atoms with E-state index in [0.29, 0.717) is 18.6 Å². The first kappa shape index (κ1) is 13.9. The molecule has 1 saturated carbocycles. The Labute approximate surface area is 99.6 Å². The summed E-state index contributed by atoms with van der Waals surface area (Å²) in [5, 5.41) is 12.4. The third kappa shape index (κ3) is 3.72. The van der Waals surface area contributed by atoms with Gasteiger partial charge in [0.05, 0.1) is 24.9 Å². The van der Waals surface area contributed by atoms with Crippen LogP contribution in [0.1, 0.15) is 46.0 Å². The number of nitrogens with one attached hydrogen (secondary N) is 1. The highest BCUT2D eigenvalue weighted by atomic mass is 16.5. The molecule has 0 aromatic rings. The van der Waals surface area contributed by atoms with E-state index in [2.05, 4.69) is 12.2 Å². The standard InChI is InChI=1S/C13H27NO2/c1-4-11-7-5-6-8-12(11)16-10-13(2,9-15)14-3/h11-12,14-15H,4-10H2,1-3H3. The largest absolute Gasteiger partial charge is 0.394 e. The lowest BCUT2D eigenvalue weighted by molar-refractivity contribution is -0.0456. The zero-order valence-corrected chi connectivity index (χ0v) is 11.0.